The van der Waals surface area contributed by atoms with Crippen LogP contribution in [0.3, 0.4) is 0 Å². The number of hydrazine groups is 2. The maximum Gasteiger partial charge on any atom is 0.327 e. The molecule has 1 rings (SSSR count). The third kappa shape index (κ3) is 4.82. The van der Waals surface area contributed by atoms with Crippen molar-refractivity contribution in [3.63, 3.8) is 0 Å². The van der Waals surface area contributed by atoms with Crippen LogP contribution in [0.5, 0.6) is 0 Å². The number of carbonyl (C=O) groups excluding carboxylic acids is 4. The fraction of sp³-hybridized carbons (Fsp3) is 0.692. The summed E-state index contributed by atoms with van der Waals surface area (Å²) in [7, 11) is 0. The van der Waals surface area contributed by atoms with Gasteiger partial charge in [-0.05, 0) is 18.4 Å². The van der Waals surface area contributed by atoms with Crippen LogP contribution in [-0.2, 0) is 14.4 Å². The molecule has 1 heterocycles. The van der Waals surface area contributed by atoms with E-state index in [1.807, 2.05) is 17.1 Å². The molecule has 0 radical (unpaired) electrons. The van der Waals surface area contributed by atoms with Gasteiger partial charge in [0, 0.05) is 19.5 Å². The quantitative estimate of drug-likeness (QED) is 0.167. The highest BCUT2D eigenvalue weighted by Gasteiger charge is 2.45. The molecule has 1 fully saturated rings. The van der Waals surface area contributed by atoms with E-state index in [9.17, 15) is 19.2 Å². The lowest BCUT2D eigenvalue weighted by Gasteiger charge is -2.21. The van der Waals surface area contributed by atoms with Gasteiger partial charge in [0.05, 0.1) is 5.92 Å². The molecule has 0 saturated carbocycles. The molecular weight excluding hydrogens is 336 g/mol. The van der Waals surface area contributed by atoms with Crippen molar-refractivity contribution in [3.05, 3.63) is 0 Å². The van der Waals surface area contributed by atoms with Crippen LogP contribution in [0.2, 0.25) is 0 Å². The average molecular weight is 360 g/mol. The van der Waals surface area contributed by atoms with Crippen LogP contribution in [-0.4, -0.2) is 64.7 Å². The van der Waals surface area contributed by atoms with E-state index < -0.39 is 29.8 Å². The predicted molar refractivity (Wildman–Crippen MR) is 89.0 cm³/mol. The van der Waals surface area contributed by atoms with E-state index in [0.29, 0.717) is 12.2 Å². The maximum absolute atomic E-state index is 12.6. The van der Waals surface area contributed by atoms with Crippen LogP contribution in [0.1, 0.15) is 19.8 Å². The number of thioether (sulfide) groups is 1. The van der Waals surface area contributed by atoms with Gasteiger partial charge in [0.2, 0.25) is 11.8 Å². The molecule has 1 aliphatic rings. The van der Waals surface area contributed by atoms with Crippen molar-refractivity contribution in [2.75, 3.05) is 25.1 Å². The van der Waals surface area contributed by atoms with Crippen molar-refractivity contribution < 1.29 is 19.2 Å². The molecule has 136 valence electrons. The zero-order valence-electron chi connectivity index (χ0n) is 13.8. The highest BCUT2D eigenvalue weighted by atomic mass is 32.2. The van der Waals surface area contributed by atoms with Crippen molar-refractivity contribution in [2.45, 2.75) is 25.8 Å². The van der Waals surface area contributed by atoms with Crippen LogP contribution in [0.4, 0.5) is 4.79 Å². The van der Waals surface area contributed by atoms with Crippen LogP contribution < -0.4 is 22.5 Å². The second kappa shape index (κ2) is 9.45. The van der Waals surface area contributed by atoms with Gasteiger partial charge in [-0.25, -0.2) is 16.5 Å². The number of amides is 5. The van der Waals surface area contributed by atoms with E-state index in [0.717, 1.165) is 4.90 Å². The van der Waals surface area contributed by atoms with Crippen molar-refractivity contribution in [1.29, 1.82) is 0 Å². The highest BCUT2D eigenvalue weighted by molar-refractivity contribution is 7.98. The Kier molecular flexibility index (Phi) is 7.95. The van der Waals surface area contributed by atoms with E-state index in [1.54, 1.807) is 18.7 Å². The lowest BCUT2D eigenvalue weighted by Crippen LogP contribution is -2.43. The number of hydrogen-bond acceptors (Lipinski definition) is 7. The third-order valence-corrected chi connectivity index (χ3v) is 4.43. The number of urea groups is 1. The fourth-order valence-corrected chi connectivity index (χ4v) is 2.88. The second-order valence-corrected chi connectivity index (χ2v) is 6.43. The molecule has 5 amide bonds. The van der Waals surface area contributed by atoms with Gasteiger partial charge in [-0.15, -0.1) is 0 Å². The first-order valence-corrected chi connectivity index (χ1v) is 8.87. The lowest BCUT2D eigenvalue weighted by molar-refractivity contribution is -0.130. The van der Waals surface area contributed by atoms with Gasteiger partial charge in [-0.1, -0.05) is 6.92 Å². The summed E-state index contributed by atoms with van der Waals surface area (Å²) in [5, 5.41) is 0. The predicted octanol–water partition coefficient (Wildman–Crippen LogP) is -1.62. The first-order chi connectivity index (χ1) is 11.4. The Hall–Kier alpha value is -1.85. The molecule has 1 saturated heterocycles. The largest absolute Gasteiger partial charge is 0.327 e. The first kappa shape index (κ1) is 20.2. The Morgan fingerprint density at radius 2 is 1.96 bits per heavy atom. The fourth-order valence-electron chi connectivity index (χ4n) is 2.42. The SMILES string of the molecule is CSCCC1C(=O)N(CC(C)C(=O)NN)C(=O)N1CCC(=O)NN. The van der Waals surface area contributed by atoms with E-state index >= 15 is 0 Å². The smallest absolute Gasteiger partial charge is 0.312 e. The molecule has 0 bridgehead atoms. The van der Waals surface area contributed by atoms with Gasteiger partial charge in [-0.2, -0.15) is 11.8 Å². The molecule has 0 aromatic rings. The molecular formula is C13H24N6O4S. The van der Waals surface area contributed by atoms with Crippen LogP contribution in [0.25, 0.3) is 0 Å². The van der Waals surface area contributed by atoms with Gasteiger partial charge in [0.15, 0.2) is 0 Å². The van der Waals surface area contributed by atoms with Crippen LogP contribution in [0.15, 0.2) is 0 Å². The van der Waals surface area contributed by atoms with Crippen molar-refractivity contribution in [2.24, 2.45) is 17.6 Å². The minimum Gasteiger partial charge on any atom is -0.312 e. The summed E-state index contributed by atoms with van der Waals surface area (Å²) in [4.78, 5) is 50.4. The molecule has 0 aliphatic carbocycles. The summed E-state index contributed by atoms with van der Waals surface area (Å²) in [5.74, 6) is 8.93. The van der Waals surface area contributed by atoms with Crippen molar-refractivity contribution in [3.8, 4) is 0 Å². The topological polar surface area (TPSA) is 151 Å². The number of nitrogens with two attached hydrogens (primary N) is 2. The summed E-state index contributed by atoms with van der Waals surface area (Å²) < 4.78 is 0. The lowest BCUT2D eigenvalue weighted by atomic mass is 10.1. The number of carbonyl (C=O) groups is 4. The van der Waals surface area contributed by atoms with E-state index in [-0.39, 0.29) is 25.4 Å². The Balaban J connectivity index is 2.87. The normalized spacial score (nSPS) is 18.8. The maximum atomic E-state index is 12.6. The van der Waals surface area contributed by atoms with Gasteiger partial charge in [0.25, 0.3) is 5.91 Å². The Morgan fingerprint density at radius 1 is 1.29 bits per heavy atom. The van der Waals surface area contributed by atoms with Gasteiger partial charge < -0.3 is 4.90 Å². The Bertz CT molecular complexity index is 503. The molecule has 2 atom stereocenters. The molecule has 0 spiro atoms. The minimum atomic E-state index is -0.635. The van der Waals surface area contributed by atoms with E-state index in [2.05, 4.69) is 0 Å². The monoisotopic (exact) mass is 360 g/mol. The first-order valence-electron chi connectivity index (χ1n) is 7.48. The molecule has 10 nitrogen and oxygen atoms in total. The van der Waals surface area contributed by atoms with Gasteiger partial charge in [0.1, 0.15) is 6.04 Å². The molecule has 1 aliphatic heterocycles. The zero-order chi connectivity index (χ0) is 18.3. The zero-order valence-corrected chi connectivity index (χ0v) is 14.6. The number of hydrogen-bond donors (Lipinski definition) is 4. The van der Waals surface area contributed by atoms with Crippen LogP contribution >= 0.6 is 11.8 Å². The van der Waals surface area contributed by atoms with Crippen molar-refractivity contribution in [1.82, 2.24) is 20.7 Å². The van der Waals surface area contributed by atoms with E-state index in [4.69, 9.17) is 11.7 Å². The minimum absolute atomic E-state index is 0.00202. The summed E-state index contributed by atoms with van der Waals surface area (Å²) in [6.07, 6.45) is 2.38. The summed E-state index contributed by atoms with van der Waals surface area (Å²) in [6.45, 7) is 1.60. The molecule has 0 aromatic heterocycles. The number of nitrogens with one attached hydrogen (secondary N) is 2. The van der Waals surface area contributed by atoms with Gasteiger partial charge in [-0.3, -0.25) is 30.1 Å². The second-order valence-electron chi connectivity index (χ2n) is 5.45. The molecule has 0 aromatic carbocycles. The van der Waals surface area contributed by atoms with Crippen LogP contribution in [0, 0.1) is 5.92 Å². The summed E-state index contributed by atoms with van der Waals surface area (Å²) in [5.41, 5.74) is 3.99. The number of nitrogens with zero attached hydrogens (tertiary/aromatic N) is 2. The highest BCUT2D eigenvalue weighted by Crippen LogP contribution is 2.23. The Labute approximate surface area is 144 Å². The summed E-state index contributed by atoms with van der Waals surface area (Å²) >= 11 is 1.56. The third-order valence-electron chi connectivity index (χ3n) is 3.79. The standard InChI is InChI=1S/C13H24N6O4S/c1-8(11(21)17-15)7-19-12(22)9(4-6-24-2)18(13(19)23)5-3-10(20)16-14/h8-9H,3-7,14-15H2,1-2H3,(H,16,20)(H,17,21). The Morgan fingerprint density at radius 3 is 2.50 bits per heavy atom. The average Bonchev–Trinajstić information content (AvgIpc) is 2.80. The molecule has 2 unspecified atom stereocenters. The molecule has 24 heavy (non-hydrogen) atoms. The molecule has 6 N–H and O–H groups in total. The number of imide groups is 1. The molecule has 11 heteroatoms. The van der Waals surface area contributed by atoms with Crippen molar-refractivity contribution >= 4 is 35.5 Å². The summed E-state index contributed by atoms with van der Waals surface area (Å²) in [6, 6.07) is -1.14. The van der Waals surface area contributed by atoms with Gasteiger partial charge >= 0.3 is 6.03 Å². The van der Waals surface area contributed by atoms with E-state index in [1.165, 1.54) is 4.90 Å². The number of rotatable bonds is 9.